The largest absolute Gasteiger partial charge is 0.527 e. The van der Waals surface area contributed by atoms with Crippen LogP contribution in [-0.2, 0) is 90.0 Å². The minimum Gasteiger partial charge on any atom is -0.430 e. The lowest BCUT2D eigenvalue weighted by Gasteiger charge is -2.36. The van der Waals surface area contributed by atoms with Crippen LogP contribution >= 0.6 is 0 Å². The van der Waals surface area contributed by atoms with Gasteiger partial charge in [-0.05, 0) is 0 Å². The quantitative estimate of drug-likeness (QED) is 0.0324. The molecular formula is C52H40F52O25. The molecule has 129 heavy (non-hydrogen) atoms. The molecule has 6 heterocycles. The van der Waals surface area contributed by atoms with Crippen molar-refractivity contribution in [2.24, 2.45) is 0 Å². The molecule has 6 aliphatic rings. The highest BCUT2D eigenvalue weighted by molar-refractivity contribution is 5.63. The van der Waals surface area contributed by atoms with Crippen LogP contribution in [0.25, 0.3) is 0 Å². The van der Waals surface area contributed by atoms with Crippen molar-refractivity contribution in [2.75, 3.05) is 52.9 Å². The molecule has 0 radical (unpaired) electrons. The minimum atomic E-state index is -7.18. The van der Waals surface area contributed by atoms with Gasteiger partial charge in [-0.2, -0.15) is 211 Å². The fourth-order valence-corrected chi connectivity index (χ4v) is 7.56. The molecule has 0 spiro atoms. The molecule has 0 amide bonds. The lowest BCUT2D eigenvalue weighted by molar-refractivity contribution is -0.517. The van der Waals surface area contributed by atoms with Gasteiger partial charge in [-0.25, -0.2) is 47.4 Å². The van der Waals surface area contributed by atoms with E-state index in [9.17, 15) is 257 Å². The number of ether oxygens (including phenoxy) is 19. The molecule has 0 aromatic heterocycles. The van der Waals surface area contributed by atoms with Crippen molar-refractivity contribution in [3.8, 4) is 0 Å². The van der Waals surface area contributed by atoms with Crippen molar-refractivity contribution in [1.29, 1.82) is 0 Å². The van der Waals surface area contributed by atoms with Crippen molar-refractivity contribution in [3.05, 3.63) is 0 Å². The van der Waals surface area contributed by atoms with Gasteiger partial charge >= 0.3 is 183 Å². The first-order valence-electron chi connectivity index (χ1n) is 31.2. The van der Waals surface area contributed by atoms with E-state index in [1.165, 1.54) is 0 Å². The summed E-state index contributed by atoms with van der Waals surface area (Å²) in [5.41, 5.74) is 0. The monoisotopic (exact) mass is 2050 g/mol. The number of halogens is 52. The summed E-state index contributed by atoms with van der Waals surface area (Å²) < 4.78 is 717. The molecule has 6 fully saturated rings. The SMILES string of the molecule is CC(F)(OC(F)(F)C(F)(F)F)C(F)(F)OC(F)(F)C(F)(F)CC1COC(=O)O1.O=C1OCC(CC(F)(F)C(F)(F)OC(F)(F)C(F)(F)C(F)(F)F)O1.O=C1OCC(CC(F)(F)C(F)(F)OC(F)(F)F)O1.O=C1OCC(CC(F)(F)C(F)(F)OC(F)F)O1.O=C1OCC(CC(F)(F)C(F)(F)OCC(F)(F)C(F)(F)F)O1.O=C1OCC(CC(F)(F)C(F)(F)OCCC(F)(F)F)O1. The first kappa shape index (κ1) is 119. The molecular weight excluding hydrogens is 2010 g/mol. The molecule has 7 unspecified atom stereocenters. The van der Waals surface area contributed by atoms with Crippen LogP contribution in [0.2, 0.25) is 0 Å². The Labute approximate surface area is 671 Å². The highest BCUT2D eigenvalue weighted by Gasteiger charge is 2.80. The molecule has 7 atom stereocenters. The topological polar surface area (TPSA) is 278 Å². The molecule has 0 saturated carbocycles. The predicted octanol–water partition coefficient (Wildman–Crippen LogP) is 20.1. The summed E-state index contributed by atoms with van der Waals surface area (Å²) in [6.07, 6.45) is -118. The maximum absolute atomic E-state index is 13.5. The summed E-state index contributed by atoms with van der Waals surface area (Å²) in [5, 5.41) is 0. The van der Waals surface area contributed by atoms with E-state index in [4.69, 9.17) is 0 Å². The maximum atomic E-state index is 13.5. The van der Waals surface area contributed by atoms with Gasteiger partial charge in [0.15, 0.2) is 0 Å². The van der Waals surface area contributed by atoms with Crippen molar-refractivity contribution < 1.29 is 347 Å². The van der Waals surface area contributed by atoms with E-state index >= 15 is 0 Å². The number of alkyl halides is 52. The van der Waals surface area contributed by atoms with Crippen LogP contribution in [0.1, 0.15) is 51.9 Å². The summed E-state index contributed by atoms with van der Waals surface area (Å²) in [6, 6.07) is 0. The Bertz CT molecular complexity index is 3640. The number of hydrogen-bond donors (Lipinski definition) is 0. The van der Waals surface area contributed by atoms with Crippen LogP contribution in [0.3, 0.4) is 0 Å². The Balaban J connectivity index is 0.000000780. The number of rotatable bonds is 35. The number of carbonyl (C=O) groups excluding carboxylic acids is 6. The third-order valence-corrected chi connectivity index (χ3v) is 13.8. The molecule has 6 saturated heterocycles. The fourth-order valence-electron chi connectivity index (χ4n) is 7.56. The summed E-state index contributed by atoms with van der Waals surface area (Å²) in [4.78, 5) is 62.4. The van der Waals surface area contributed by atoms with Gasteiger partial charge in [0.1, 0.15) is 82.9 Å². The zero-order chi connectivity index (χ0) is 102. The van der Waals surface area contributed by atoms with E-state index in [1.54, 1.807) is 0 Å². The normalized spacial score (nSPS) is 21.3. The summed E-state index contributed by atoms with van der Waals surface area (Å²) in [5.74, 6) is -50.0. The average Bonchev–Trinajstić information content (AvgIpc) is 1.03. The minimum absolute atomic E-state index is 0.646. The molecule has 6 aliphatic heterocycles. The lowest BCUT2D eigenvalue weighted by atomic mass is 10.1. The van der Waals surface area contributed by atoms with Gasteiger partial charge in [0, 0.05) is 6.92 Å². The van der Waals surface area contributed by atoms with Crippen molar-refractivity contribution in [2.45, 2.75) is 234 Å². The van der Waals surface area contributed by atoms with Gasteiger partial charge in [-0.1, -0.05) is 0 Å². The molecule has 0 aromatic carbocycles. The molecule has 0 aliphatic carbocycles. The zero-order valence-corrected chi connectivity index (χ0v) is 60.0. The van der Waals surface area contributed by atoms with Gasteiger partial charge < -0.3 is 66.3 Å². The predicted molar refractivity (Wildman–Crippen MR) is 277 cm³/mol. The Morgan fingerprint density at radius 2 is 0.512 bits per heavy atom. The van der Waals surface area contributed by atoms with E-state index in [2.05, 4.69) is 85.3 Å². The standard InChI is InChI=1S/C11H8F12O5.C9H5F11O4.C9H7F9O4.C9H9F7O4.C7H5F7O4.C7H6F6O4/c1-6(12,27-11(22,23)8(15,16)17)9(18,19)28-10(20,21)7(13,14)2-4-3-25-5(24)26-4;10-5(11,1-3-2-22-4(21)23-3)8(17,18)24-9(19,20)6(12,13)7(14,15)16;10-6(11,1-4-2-20-5(19)22-4)9(17,18)21-3-7(12,13)8(14,15)16;10-7(11,3-5-4-18-6(17)20-5)9(15,16)19-2-1-8(12,13)14;8-5(9,1-3-2-16-4(15)17-3)6(10,11)18-7(12,13)14;8-4(9)17-7(12,13)6(10,11)1-3-2-15-5(14)16-3/h4H,2-3H2,1H3;3H,1-2H2;4H,1-3H2;5H,1-4H2;3H,1-2H2;3-4H,1-2H2. The van der Waals surface area contributed by atoms with Gasteiger partial charge in [0.2, 0.25) is 0 Å². The molecule has 0 bridgehead atoms. The summed E-state index contributed by atoms with van der Waals surface area (Å²) in [7, 11) is 0. The molecule has 0 aromatic rings. The Kier molecular flexibility index (Phi) is 37.8. The molecule has 25 nitrogen and oxygen atoms in total. The first-order chi connectivity index (χ1) is 56.7. The smallest absolute Gasteiger partial charge is 0.430 e. The third-order valence-electron chi connectivity index (χ3n) is 13.8. The number of carbonyl (C=O) groups is 6. The third kappa shape index (κ3) is 34.7. The van der Waals surface area contributed by atoms with Crippen molar-refractivity contribution >= 4 is 36.9 Å². The molecule has 6 rings (SSSR count). The van der Waals surface area contributed by atoms with E-state index in [0.29, 0.717) is 0 Å². The van der Waals surface area contributed by atoms with Gasteiger partial charge in [-0.3, -0.25) is 9.47 Å². The Morgan fingerprint density at radius 3 is 0.729 bits per heavy atom. The summed E-state index contributed by atoms with van der Waals surface area (Å²) in [6.45, 7) is -14.4. The van der Waals surface area contributed by atoms with Crippen LogP contribution in [0.15, 0.2) is 0 Å². The van der Waals surface area contributed by atoms with E-state index in [0.717, 1.165) is 0 Å². The van der Waals surface area contributed by atoms with Crippen LogP contribution < -0.4 is 0 Å². The van der Waals surface area contributed by atoms with Crippen molar-refractivity contribution in [3.63, 3.8) is 0 Å². The average molecular weight is 2050 g/mol. The molecule has 0 N–H and O–H groups in total. The first-order valence-corrected chi connectivity index (χ1v) is 31.2. The second-order valence-corrected chi connectivity index (χ2v) is 24.3. The Hall–Kier alpha value is -8.30. The van der Waals surface area contributed by atoms with Crippen LogP contribution in [-0.4, -0.2) is 272 Å². The maximum Gasteiger partial charge on any atom is 0.527 e. The van der Waals surface area contributed by atoms with E-state index in [-0.39, 0.29) is 0 Å². The highest BCUT2D eigenvalue weighted by atomic mass is 19.5. The van der Waals surface area contributed by atoms with Crippen LogP contribution in [0.4, 0.5) is 257 Å². The number of hydrogen-bond acceptors (Lipinski definition) is 25. The van der Waals surface area contributed by atoms with Gasteiger partial charge in [0.05, 0.1) is 51.6 Å². The fraction of sp³-hybridized carbons (Fsp3) is 0.885. The van der Waals surface area contributed by atoms with E-state index in [1.807, 2.05) is 4.74 Å². The zero-order valence-electron chi connectivity index (χ0n) is 60.0. The highest BCUT2D eigenvalue weighted by Crippen LogP contribution is 2.55. The van der Waals surface area contributed by atoms with Gasteiger partial charge in [-0.15, -0.1) is 13.2 Å². The number of cyclic esters (lactones) is 12. The van der Waals surface area contributed by atoms with E-state index < -0.39 is 324 Å². The Morgan fingerprint density at radius 1 is 0.271 bits per heavy atom. The van der Waals surface area contributed by atoms with Crippen molar-refractivity contribution in [1.82, 2.24) is 0 Å². The van der Waals surface area contributed by atoms with Crippen LogP contribution in [0.5, 0.6) is 0 Å². The second-order valence-electron chi connectivity index (χ2n) is 24.3. The summed E-state index contributed by atoms with van der Waals surface area (Å²) >= 11 is 0. The second kappa shape index (κ2) is 41.0. The van der Waals surface area contributed by atoms with Crippen LogP contribution in [0, 0.1) is 0 Å². The van der Waals surface area contributed by atoms with Gasteiger partial charge in [0.25, 0.3) is 0 Å². The lowest BCUT2D eigenvalue weighted by Crippen LogP contribution is -2.59. The molecule has 762 valence electrons. The molecule has 77 heteroatoms.